The van der Waals surface area contributed by atoms with E-state index in [1.54, 1.807) is 11.8 Å². The summed E-state index contributed by atoms with van der Waals surface area (Å²) in [7, 11) is -3.57. The molecule has 8 heteroatoms. The van der Waals surface area contributed by atoms with Crippen molar-refractivity contribution in [2.24, 2.45) is 0 Å². The van der Waals surface area contributed by atoms with Crippen LogP contribution in [0.3, 0.4) is 0 Å². The zero-order valence-electron chi connectivity index (χ0n) is 9.61. The normalized spacial score (nSPS) is 17.7. The molecule has 18 heavy (non-hydrogen) atoms. The number of pyridine rings is 1. The van der Waals surface area contributed by atoms with Crippen LogP contribution in [0, 0.1) is 0 Å². The first kappa shape index (κ1) is 14.4. The molecule has 1 N–H and O–H groups in total. The third-order valence-corrected chi connectivity index (χ3v) is 6.38. The molecule has 0 amide bonds. The van der Waals surface area contributed by atoms with Crippen LogP contribution in [0.2, 0.25) is 10.2 Å². The molecule has 0 aromatic carbocycles. The van der Waals surface area contributed by atoms with E-state index < -0.39 is 10.0 Å². The van der Waals surface area contributed by atoms with Crippen LogP contribution >= 0.6 is 35.0 Å². The van der Waals surface area contributed by atoms with E-state index in [9.17, 15) is 8.42 Å². The molecule has 1 aromatic heterocycles. The summed E-state index contributed by atoms with van der Waals surface area (Å²) < 4.78 is 26.7. The predicted octanol–water partition coefficient (Wildman–Crippen LogP) is 2.56. The monoisotopic (exact) mass is 326 g/mol. The van der Waals surface area contributed by atoms with Gasteiger partial charge in [-0.15, -0.1) is 0 Å². The summed E-state index contributed by atoms with van der Waals surface area (Å²) >= 11 is 13.1. The van der Waals surface area contributed by atoms with Gasteiger partial charge in [0.15, 0.2) is 0 Å². The van der Waals surface area contributed by atoms with Crippen molar-refractivity contribution in [2.45, 2.75) is 22.5 Å². The van der Waals surface area contributed by atoms with Gasteiger partial charge in [-0.05, 0) is 25.2 Å². The van der Waals surface area contributed by atoms with Crippen molar-refractivity contribution in [3.05, 3.63) is 22.4 Å². The molecule has 0 spiro atoms. The second-order valence-electron chi connectivity index (χ2n) is 4.16. The first-order valence-corrected chi connectivity index (χ1v) is 8.71. The van der Waals surface area contributed by atoms with E-state index in [2.05, 4.69) is 9.71 Å². The van der Waals surface area contributed by atoms with Crippen LogP contribution < -0.4 is 4.72 Å². The fraction of sp³-hybridized carbons (Fsp3) is 0.500. The van der Waals surface area contributed by atoms with Gasteiger partial charge in [-0.3, -0.25) is 0 Å². The third kappa shape index (κ3) is 3.11. The summed E-state index contributed by atoms with van der Waals surface area (Å²) in [6, 6.07) is 1.30. The van der Waals surface area contributed by atoms with E-state index in [0.717, 1.165) is 12.8 Å². The average Bonchev–Trinajstić information content (AvgIpc) is 3.11. The molecule has 0 radical (unpaired) electrons. The van der Waals surface area contributed by atoms with E-state index in [0.29, 0.717) is 6.54 Å². The minimum absolute atomic E-state index is 0.0359. The van der Waals surface area contributed by atoms with E-state index in [4.69, 9.17) is 23.2 Å². The Bertz CT molecular complexity index is 559. The Morgan fingerprint density at radius 2 is 2.17 bits per heavy atom. The average molecular weight is 327 g/mol. The first-order chi connectivity index (χ1) is 8.38. The zero-order chi connectivity index (χ0) is 13.4. The lowest BCUT2D eigenvalue weighted by molar-refractivity contribution is 0.579. The van der Waals surface area contributed by atoms with Gasteiger partial charge in [0, 0.05) is 17.5 Å². The van der Waals surface area contributed by atoms with Gasteiger partial charge >= 0.3 is 0 Å². The molecular formula is C10H12Cl2N2O2S2. The minimum atomic E-state index is -3.57. The van der Waals surface area contributed by atoms with Crippen molar-refractivity contribution >= 4 is 45.0 Å². The topological polar surface area (TPSA) is 59.1 Å². The summed E-state index contributed by atoms with van der Waals surface area (Å²) in [4.78, 5) is 3.77. The molecule has 1 aromatic rings. The van der Waals surface area contributed by atoms with Gasteiger partial charge < -0.3 is 0 Å². The van der Waals surface area contributed by atoms with Gasteiger partial charge in [-0.2, -0.15) is 11.8 Å². The maximum absolute atomic E-state index is 12.0. The molecule has 0 unspecified atom stereocenters. The van der Waals surface area contributed by atoms with Crippen LogP contribution in [0.15, 0.2) is 17.2 Å². The molecule has 0 saturated heterocycles. The van der Waals surface area contributed by atoms with Crippen LogP contribution in [0.25, 0.3) is 0 Å². The summed E-state index contributed by atoms with van der Waals surface area (Å²) in [5, 5.41) is 0.226. The molecule has 0 bridgehead atoms. The molecule has 0 atom stereocenters. The number of hydrogen-bond donors (Lipinski definition) is 1. The van der Waals surface area contributed by atoms with E-state index in [-0.39, 0.29) is 19.8 Å². The molecule has 1 heterocycles. The molecule has 1 aliphatic rings. The summed E-state index contributed by atoms with van der Waals surface area (Å²) in [6.45, 7) is 0.427. The fourth-order valence-corrected chi connectivity index (χ4v) is 3.70. The van der Waals surface area contributed by atoms with Crippen LogP contribution in [0.1, 0.15) is 12.8 Å². The molecule has 1 fully saturated rings. The highest BCUT2D eigenvalue weighted by Crippen LogP contribution is 2.46. The smallest absolute Gasteiger partial charge is 0.242 e. The Morgan fingerprint density at radius 3 is 2.67 bits per heavy atom. The van der Waals surface area contributed by atoms with Crippen molar-refractivity contribution in [2.75, 3.05) is 12.8 Å². The first-order valence-electron chi connectivity index (χ1n) is 5.24. The largest absolute Gasteiger partial charge is 0.242 e. The number of sulfonamides is 1. The maximum Gasteiger partial charge on any atom is 0.242 e. The van der Waals surface area contributed by atoms with Gasteiger partial charge in [0.25, 0.3) is 0 Å². The Morgan fingerprint density at radius 1 is 1.50 bits per heavy atom. The molecule has 2 rings (SSSR count). The lowest BCUT2D eigenvalue weighted by atomic mass is 10.4. The van der Waals surface area contributed by atoms with Crippen LogP contribution in [0.5, 0.6) is 0 Å². The van der Waals surface area contributed by atoms with E-state index >= 15 is 0 Å². The standard InChI is InChI=1S/C10H12Cl2N2O2S2/c1-17-10(2-3-10)6-14-18(15,16)7-4-8(11)9(12)13-5-7/h4-5,14H,2-3,6H2,1H3. The second kappa shape index (κ2) is 5.17. The number of rotatable bonds is 5. The molecular weight excluding hydrogens is 315 g/mol. The lowest BCUT2D eigenvalue weighted by Gasteiger charge is -2.13. The predicted molar refractivity (Wildman–Crippen MR) is 74.9 cm³/mol. The summed E-state index contributed by atoms with van der Waals surface area (Å²) in [5.74, 6) is 0. The summed E-state index contributed by atoms with van der Waals surface area (Å²) in [6.07, 6.45) is 5.27. The highest BCUT2D eigenvalue weighted by Gasteiger charge is 2.42. The fourth-order valence-electron chi connectivity index (χ4n) is 1.45. The zero-order valence-corrected chi connectivity index (χ0v) is 12.8. The van der Waals surface area contributed by atoms with Gasteiger partial charge in [0.05, 0.1) is 5.02 Å². The van der Waals surface area contributed by atoms with Crippen molar-refractivity contribution in [3.63, 3.8) is 0 Å². The number of hydrogen-bond acceptors (Lipinski definition) is 4. The minimum Gasteiger partial charge on any atom is -0.242 e. The highest BCUT2D eigenvalue weighted by molar-refractivity contribution is 8.00. The third-order valence-electron chi connectivity index (χ3n) is 2.91. The Balaban J connectivity index is 2.13. The van der Waals surface area contributed by atoms with Crippen molar-refractivity contribution in [1.29, 1.82) is 0 Å². The Hall–Kier alpha value is -0.0100. The van der Waals surface area contributed by atoms with E-state index in [1.165, 1.54) is 12.3 Å². The lowest BCUT2D eigenvalue weighted by Crippen LogP contribution is -2.31. The van der Waals surface area contributed by atoms with Gasteiger partial charge in [0.1, 0.15) is 10.0 Å². The van der Waals surface area contributed by atoms with Gasteiger partial charge in [0.2, 0.25) is 10.0 Å². The number of halogens is 2. The number of thioether (sulfide) groups is 1. The highest BCUT2D eigenvalue weighted by atomic mass is 35.5. The number of nitrogens with zero attached hydrogens (tertiary/aromatic N) is 1. The molecule has 0 aliphatic heterocycles. The second-order valence-corrected chi connectivity index (χ2v) is 7.96. The Labute approximate surface area is 121 Å². The molecule has 1 saturated carbocycles. The quantitative estimate of drug-likeness (QED) is 0.845. The number of nitrogens with one attached hydrogen (secondary N) is 1. The van der Waals surface area contributed by atoms with Crippen molar-refractivity contribution < 1.29 is 8.42 Å². The summed E-state index contributed by atoms with van der Waals surface area (Å²) in [5.41, 5.74) is 0. The van der Waals surface area contributed by atoms with E-state index in [1.807, 2.05) is 6.26 Å². The Kier molecular flexibility index (Phi) is 4.14. The van der Waals surface area contributed by atoms with Crippen LogP contribution in [-0.2, 0) is 10.0 Å². The van der Waals surface area contributed by atoms with Crippen molar-refractivity contribution in [1.82, 2.24) is 9.71 Å². The molecule has 1 aliphatic carbocycles. The van der Waals surface area contributed by atoms with Gasteiger partial charge in [-0.1, -0.05) is 23.2 Å². The molecule has 4 nitrogen and oxygen atoms in total. The molecule has 100 valence electrons. The maximum atomic E-state index is 12.0. The number of aromatic nitrogens is 1. The van der Waals surface area contributed by atoms with Crippen molar-refractivity contribution in [3.8, 4) is 0 Å². The van der Waals surface area contributed by atoms with Crippen LogP contribution in [0.4, 0.5) is 0 Å². The van der Waals surface area contributed by atoms with Crippen LogP contribution in [-0.4, -0.2) is 30.9 Å². The van der Waals surface area contributed by atoms with Gasteiger partial charge in [-0.25, -0.2) is 18.1 Å². The SMILES string of the molecule is CSC1(CNS(=O)(=O)c2cnc(Cl)c(Cl)c2)CC1.